The number of hydrogen-bond acceptors (Lipinski definition) is 8. The molecule has 9 nitrogen and oxygen atoms in total. The molecule has 0 bridgehead atoms. The van der Waals surface area contributed by atoms with Gasteiger partial charge in [-0.2, -0.15) is 0 Å². The molecule has 0 spiro atoms. The number of para-hydroxylation sites is 1. The molecule has 2 aromatic carbocycles. The van der Waals surface area contributed by atoms with Crippen LogP contribution in [0.25, 0.3) is 0 Å². The van der Waals surface area contributed by atoms with Crippen molar-refractivity contribution in [2.45, 2.75) is 12.7 Å². The van der Waals surface area contributed by atoms with Crippen LogP contribution in [-0.2, 0) is 16.1 Å². The number of aliphatic imine (C=N–C) groups is 1. The van der Waals surface area contributed by atoms with Crippen LogP contribution >= 0.6 is 11.8 Å². The fourth-order valence-electron chi connectivity index (χ4n) is 3.62. The van der Waals surface area contributed by atoms with Crippen LogP contribution in [0.4, 0.5) is 5.69 Å². The molecule has 1 saturated heterocycles. The topological polar surface area (TPSA) is 104 Å². The Balaban J connectivity index is 1.24. The molecule has 3 aliphatic heterocycles. The molecular formula is C21H21N5O4S. The average Bonchev–Trinajstić information content (AvgIpc) is 3.46. The number of nitrogens with zero attached hydrogens (tertiary/aromatic N) is 2. The number of amides is 2. The molecule has 3 N–H and O–H groups in total. The minimum atomic E-state index is -0.327. The standard InChI is InChI=1S/C21H21N5O4S/c27-18(22-9-13-6-7-16-17(8-13)30-12-29-16)11-31-21-24-19-15(10-23-25-19)20(28)26(21)14-4-2-1-3-5-14/h1-8,15,19,23,25H,9-12H2,(H,22,27). The van der Waals surface area contributed by atoms with Gasteiger partial charge in [-0.05, 0) is 29.8 Å². The zero-order valence-electron chi connectivity index (χ0n) is 16.5. The van der Waals surface area contributed by atoms with Crippen molar-refractivity contribution in [1.29, 1.82) is 0 Å². The van der Waals surface area contributed by atoms with Crippen LogP contribution in [0, 0.1) is 5.92 Å². The van der Waals surface area contributed by atoms with E-state index >= 15 is 0 Å². The van der Waals surface area contributed by atoms with Gasteiger partial charge in [0.25, 0.3) is 0 Å². The van der Waals surface area contributed by atoms with Gasteiger partial charge in [-0.15, -0.1) is 0 Å². The van der Waals surface area contributed by atoms with Crippen LogP contribution in [0.5, 0.6) is 11.5 Å². The summed E-state index contributed by atoms with van der Waals surface area (Å²) in [5.74, 6) is 1.08. The molecule has 2 unspecified atom stereocenters. The molecule has 0 aliphatic carbocycles. The Morgan fingerprint density at radius 2 is 2.03 bits per heavy atom. The number of carbonyl (C=O) groups excluding carboxylic acids is 2. The lowest BCUT2D eigenvalue weighted by Gasteiger charge is -2.32. The minimum Gasteiger partial charge on any atom is -0.454 e. The smallest absolute Gasteiger partial charge is 0.241 e. The Morgan fingerprint density at radius 3 is 2.90 bits per heavy atom. The molecule has 3 aliphatic rings. The van der Waals surface area contributed by atoms with E-state index in [2.05, 4.69) is 21.2 Å². The first-order valence-corrected chi connectivity index (χ1v) is 10.9. The Bertz CT molecular complexity index is 1030. The third kappa shape index (κ3) is 4.09. The fourth-order valence-corrected chi connectivity index (χ4v) is 4.49. The van der Waals surface area contributed by atoms with Crippen molar-refractivity contribution in [2.75, 3.05) is 24.0 Å². The number of hydrogen-bond donors (Lipinski definition) is 3. The summed E-state index contributed by atoms with van der Waals surface area (Å²) in [5, 5.41) is 3.41. The minimum absolute atomic E-state index is 0.0352. The first-order valence-electron chi connectivity index (χ1n) is 9.92. The van der Waals surface area contributed by atoms with Gasteiger partial charge < -0.3 is 14.8 Å². The Kier molecular flexibility index (Phi) is 5.49. The second kappa shape index (κ2) is 8.58. The maximum atomic E-state index is 13.1. The van der Waals surface area contributed by atoms with Crippen LogP contribution in [0.1, 0.15) is 5.56 Å². The van der Waals surface area contributed by atoms with Gasteiger partial charge in [-0.3, -0.25) is 19.9 Å². The predicted molar refractivity (Wildman–Crippen MR) is 117 cm³/mol. The number of amidine groups is 1. The number of rotatable bonds is 5. The largest absolute Gasteiger partial charge is 0.454 e. The summed E-state index contributed by atoms with van der Waals surface area (Å²) in [6, 6.07) is 15.0. The summed E-state index contributed by atoms with van der Waals surface area (Å²) in [7, 11) is 0. The summed E-state index contributed by atoms with van der Waals surface area (Å²) in [4.78, 5) is 31.9. The molecule has 0 saturated carbocycles. The molecule has 160 valence electrons. The third-order valence-electron chi connectivity index (χ3n) is 5.20. The van der Waals surface area contributed by atoms with E-state index in [4.69, 9.17) is 9.47 Å². The zero-order valence-corrected chi connectivity index (χ0v) is 17.4. The number of carbonyl (C=O) groups is 2. The van der Waals surface area contributed by atoms with E-state index in [1.807, 2.05) is 48.5 Å². The SMILES string of the molecule is O=C(CSC1=NC2NNCC2C(=O)N1c1ccccc1)NCc1ccc2c(c1)OCO2. The van der Waals surface area contributed by atoms with Crippen LogP contribution in [-0.4, -0.2) is 42.2 Å². The highest BCUT2D eigenvalue weighted by atomic mass is 32.2. The van der Waals surface area contributed by atoms with E-state index in [1.54, 1.807) is 4.90 Å². The van der Waals surface area contributed by atoms with E-state index in [9.17, 15) is 9.59 Å². The number of anilines is 1. The van der Waals surface area contributed by atoms with Crippen molar-refractivity contribution in [3.8, 4) is 11.5 Å². The fraction of sp³-hybridized carbons (Fsp3) is 0.286. The number of benzene rings is 2. The van der Waals surface area contributed by atoms with Crippen LogP contribution in [0.2, 0.25) is 0 Å². The first kappa shape index (κ1) is 19.9. The second-order valence-electron chi connectivity index (χ2n) is 7.25. The Hall–Kier alpha value is -3.08. The monoisotopic (exact) mass is 439 g/mol. The molecule has 5 rings (SSSR count). The highest BCUT2D eigenvalue weighted by molar-refractivity contribution is 8.14. The van der Waals surface area contributed by atoms with Crippen LogP contribution in [0.15, 0.2) is 53.5 Å². The molecular weight excluding hydrogens is 418 g/mol. The van der Waals surface area contributed by atoms with Gasteiger partial charge in [0.15, 0.2) is 16.7 Å². The molecule has 2 aromatic rings. The summed E-state index contributed by atoms with van der Waals surface area (Å²) < 4.78 is 10.7. The van der Waals surface area contributed by atoms with E-state index in [0.717, 1.165) is 11.3 Å². The zero-order chi connectivity index (χ0) is 21.2. The number of thioether (sulfide) groups is 1. The molecule has 0 radical (unpaired) electrons. The molecule has 1 fully saturated rings. The summed E-state index contributed by atoms with van der Waals surface area (Å²) in [6.07, 6.45) is -0.327. The summed E-state index contributed by atoms with van der Waals surface area (Å²) in [6.45, 7) is 1.11. The Labute approximate surface area is 183 Å². The highest BCUT2D eigenvalue weighted by Crippen LogP contribution is 2.32. The van der Waals surface area contributed by atoms with Crippen molar-refractivity contribution in [1.82, 2.24) is 16.2 Å². The number of fused-ring (bicyclic) bond motifs is 2. The van der Waals surface area contributed by atoms with E-state index in [1.165, 1.54) is 11.8 Å². The van der Waals surface area contributed by atoms with Gasteiger partial charge in [-0.1, -0.05) is 36.0 Å². The second-order valence-corrected chi connectivity index (χ2v) is 8.19. The lowest BCUT2D eigenvalue weighted by Crippen LogP contribution is -2.49. The van der Waals surface area contributed by atoms with Crippen LogP contribution in [0.3, 0.4) is 0 Å². The van der Waals surface area contributed by atoms with Crippen molar-refractivity contribution in [3.63, 3.8) is 0 Å². The molecule has 31 heavy (non-hydrogen) atoms. The van der Waals surface area contributed by atoms with Crippen molar-refractivity contribution < 1.29 is 19.1 Å². The van der Waals surface area contributed by atoms with Crippen LogP contribution < -0.4 is 30.5 Å². The maximum Gasteiger partial charge on any atom is 0.241 e. The molecule has 2 amide bonds. The van der Waals surface area contributed by atoms with Gasteiger partial charge in [0.05, 0.1) is 17.4 Å². The van der Waals surface area contributed by atoms with Crippen molar-refractivity contribution in [3.05, 3.63) is 54.1 Å². The molecule has 3 heterocycles. The number of hydrazine groups is 1. The Morgan fingerprint density at radius 1 is 1.19 bits per heavy atom. The summed E-state index contributed by atoms with van der Waals surface area (Å²) in [5.41, 5.74) is 7.68. The highest BCUT2D eigenvalue weighted by Gasteiger charge is 2.42. The first-order chi connectivity index (χ1) is 15.2. The molecule has 2 atom stereocenters. The van der Waals surface area contributed by atoms with E-state index in [0.29, 0.717) is 29.8 Å². The normalized spacial score (nSPS) is 21.6. The lowest BCUT2D eigenvalue weighted by molar-refractivity contribution is -0.121. The van der Waals surface area contributed by atoms with Crippen molar-refractivity contribution >= 4 is 34.4 Å². The molecule has 10 heteroatoms. The average molecular weight is 439 g/mol. The number of ether oxygens (including phenoxy) is 2. The van der Waals surface area contributed by atoms with Gasteiger partial charge >= 0.3 is 0 Å². The van der Waals surface area contributed by atoms with E-state index in [-0.39, 0.29) is 36.4 Å². The predicted octanol–water partition coefficient (Wildman–Crippen LogP) is 1.22. The van der Waals surface area contributed by atoms with Crippen molar-refractivity contribution in [2.24, 2.45) is 10.9 Å². The van der Waals surface area contributed by atoms with Gasteiger partial charge in [0.2, 0.25) is 18.6 Å². The van der Waals surface area contributed by atoms with Gasteiger partial charge in [0, 0.05) is 13.1 Å². The third-order valence-corrected chi connectivity index (χ3v) is 6.16. The van der Waals surface area contributed by atoms with Gasteiger partial charge in [0.1, 0.15) is 6.17 Å². The summed E-state index contributed by atoms with van der Waals surface area (Å²) >= 11 is 1.25. The molecule has 0 aromatic heterocycles. The van der Waals surface area contributed by atoms with Gasteiger partial charge in [-0.25, -0.2) is 10.4 Å². The number of nitrogens with one attached hydrogen (secondary N) is 3. The van der Waals surface area contributed by atoms with E-state index < -0.39 is 0 Å². The lowest BCUT2D eigenvalue weighted by atomic mass is 10.1. The maximum absolute atomic E-state index is 13.1. The quantitative estimate of drug-likeness (QED) is 0.644.